The van der Waals surface area contributed by atoms with Crippen molar-refractivity contribution in [1.29, 1.82) is 0 Å². The molecule has 1 aromatic carbocycles. The molecule has 0 amide bonds. The Bertz CT molecular complexity index is 912. The van der Waals surface area contributed by atoms with Gasteiger partial charge in [-0.25, -0.2) is 9.59 Å². The van der Waals surface area contributed by atoms with Gasteiger partial charge in [0.15, 0.2) is 6.10 Å². The van der Waals surface area contributed by atoms with Gasteiger partial charge in [0.05, 0.1) is 17.5 Å². The maximum absolute atomic E-state index is 11.4. The molecule has 2 aliphatic rings. The zero-order valence-corrected chi connectivity index (χ0v) is 16.4. The van der Waals surface area contributed by atoms with E-state index < -0.39 is 24.2 Å². The van der Waals surface area contributed by atoms with E-state index in [0.717, 1.165) is 42.6 Å². The number of halogens is 3. The summed E-state index contributed by atoms with van der Waals surface area (Å²) in [5.41, 5.74) is 2.91. The number of ether oxygens (including phenoxy) is 1. The van der Waals surface area contributed by atoms with Crippen molar-refractivity contribution in [2.24, 2.45) is 0 Å². The lowest BCUT2D eigenvalue weighted by Crippen LogP contribution is -2.60. The predicted molar refractivity (Wildman–Crippen MR) is 102 cm³/mol. The summed E-state index contributed by atoms with van der Waals surface area (Å²) in [7, 11) is 0. The molecule has 1 spiro atoms. The summed E-state index contributed by atoms with van der Waals surface area (Å²) in [5, 5.41) is 23.8. The first-order valence-corrected chi connectivity index (χ1v) is 9.60. The molecule has 1 aliphatic carbocycles. The van der Waals surface area contributed by atoms with Crippen LogP contribution >= 0.6 is 0 Å². The van der Waals surface area contributed by atoms with E-state index in [1.165, 1.54) is 0 Å². The van der Waals surface area contributed by atoms with E-state index in [0.29, 0.717) is 13.1 Å². The van der Waals surface area contributed by atoms with E-state index in [2.05, 4.69) is 15.1 Å². The Kier molecular flexibility index (Phi) is 6.65. The van der Waals surface area contributed by atoms with Crippen LogP contribution in [0.1, 0.15) is 24.8 Å². The molecule has 0 radical (unpaired) electrons. The fourth-order valence-electron chi connectivity index (χ4n) is 3.71. The van der Waals surface area contributed by atoms with Gasteiger partial charge in [-0.2, -0.15) is 18.3 Å². The Labute approximate surface area is 175 Å². The number of aromatic amines is 1. The number of H-pyrrole nitrogens is 1. The van der Waals surface area contributed by atoms with Gasteiger partial charge in [-0.15, -0.1) is 0 Å². The van der Waals surface area contributed by atoms with Crippen LogP contribution in [0.2, 0.25) is 0 Å². The lowest BCUT2D eigenvalue weighted by atomic mass is 9.78. The highest BCUT2D eigenvalue weighted by Gasteiger charge is 2.47. The summed E-state index contributed by atoms with van der Waals surface area (Å²) < 4.78 is 37.6. The molecule has 2 aromatic rings. The molecule has 0 bridgehead atoms. The van der Waals surface area contributed by atoms with Gasteiger partial charge in [-0.05, 0) is 24.8 Å². The highest BCUT2D eigenvalue weighted by atomic mass is 19.4. The van der Waals surface area contributed by atoms with Crippen molar-refractivity contribution in [2.45, 2.75) is 43.7 Å². The number of carbonyl (C=O) groups is 2. The van der Waals surface area contributed by atoms with E-state index in [4.69, 9.17) is 14.6 Å². The van der Waals surface area contributed by atoms with Crippen molar-refractivity contribution in [1.82, 2.24) is 15.1 Å². The van der Waals surface area contributed by atoms with Crippen molar-refractivity contribution in [3.05, 3.63) is 42.1 Å². The van der Waals surface area contributed by atoms with E-state index in [1.807, 2.05) is 36.5 Å². The quantitative estimate of drug-likeness (QED) is 0.668. The number of benzene rings is 1. The van der Waals surface area contributed by atoms with Crippen LogP contribution in [0.5, 0.6) is 0 Å². The zero-order valence-electron chi connectivity index (χ0n) is 16.4. The third-order valence-electron chi connectivity index (χ3n) is 5.29. The Balaban J connectivity index is 0.000000339. The predicted octanol–water partition coefficient (Wildman–Crippen LogP) is 2.92. The molecule has 2 fully saturated rings. The van der Waals surface area contributed by atoms with Crippen LogP contribution in [0.4, 0.5) is 13.2 Å². The molecule has 2 heterocycles. The third kappa shape index (κ3) is 5.61. The van der Waals surface area contributed by atoms with Crippen molar-refractivity contribution < 1.29 is 37.7 Å². The molecule has 1 atom stereocenters. The van der Waals surface area contributed by atoms with Crippen LogP contribution in [0, 0.1) is 0 Å². The summed E-state index contributed by atoms with van der Waals surface area (Å²) in [6, 6.07) is 10.1. The maximum atomic E-state index is 11.4. The standard InChI is InChI=1S/C18H21N3O3.C2HF3O2/c22-17(23)15-11-21(12-18(24-15)7-4-8-18)10-14-9-19-20-16(14)13-5-2-1-3-6-13;3-2(4,5)1(6)7/h1-3,5-6,9,15H,4,7-8,10-12H2,(H,19,20)(H,22,23);(H,6,7). The Hall–Kier alpha value is -2.92. The lowest BCUT2D eigenvalue weighted by Gasteiger charge is -2.50. The zero-order chi connectivity index (χ0) is 22.6. The van der Waals surface area contributed by atoms with Gasteiger partial charge in [0, 0.05) is 25.2 Å². The second-order valence-electron chi connectivity index (χ2n) is 7.59. The highest BCUT2D eigenvalue weighted by Crippen LogP contribution is 2.40. The maximum Gasteiger partial charge on any atom is 0.490 e. The molecule has 8 nitrogen and oxygen atoms in total. The molecule has 3 N–H and O–H groups in total. The minimum Gasteiger partial charge on any atom is -0.479 e. The summed E-state index contributed by atoms with van der Waals surface area (Å²) in [6.07, 6.45) is -0.984. The molecular weight excluding hydrogens is 419 g/mol. The number of hydrogen-bond acceptors (Lipinski definition) is 5. The van der Waals surface area contributed by atoms with Crippen LogP contribution in [0.15, 0.2) is 36.5 Å². The first-order chi connectivity index (χ1) is 14.6. The van der Waals surface area contributed by atoms with Gasteiger partial charge in [-0.3, -0.25) is 10.00 Å². The molecule has 1 saturated heterocycles. The van der Waals surface area contributed by atoms with Gasteiger partial charge < -0.3 is 14.9 Å². The smallest absolute Gasteiger partial charge is 0.479 e. The van der Waals surface area contributed by atoms with Gasteiger partial charge in [0.25, 0.3) is 0 Å². The number of aromatic nitrogens is 2. The average molecular weight is 441 g/mol. The second kappa shape index (κ2) is 9.06. The van der Waals surface area contributed by atoms with E-state index in [1.54, 1.807) is 0 Å². The molecular formula is C20H22F3N3O5. The lowest BCUT2D eigenvalue weighted by molar-refractivity contribution is -0.206. The Morgan fingerprint density at radius 2 is 1.87 bits per heavy atom. The Morgan fingerprint density at radius 1 is 1.23 bits per heavy atom. The number of morpholine rings is 1. The fraction of sp³-hybridized carbons (Fsp3) is 0.450. The first kappa shape index (κ1) is 22.8. The number of carboxylic acids is 2. The number of nitrogens with one attached hydrogen (secondary N) is 1. The molecule has 168 valence electrons. The molecule has 11 heteroatoms. The normalized spacial score (nSPS) is 20.4. The third-order valence-corrected chi connectivity index (χ3v) is 5.29. The number of rotatable bonds is 4. The summed E-state index contributed by atoms with van der Waals surface area (Å²) in [5.74, 6) is -3.63. The first-order valence-electron chi connectivity index (χ1n) is 9.60. The highest BCUT2D eigenvalue weighted by molar-refractivity contribution is 5.73. The number of hydrogen-bond donors (Lipinski definition) is 3. The number of nitrogens with zero attached hydrogens (tertiary/aromatic N) is 2. The number of carboxylic acid groups (broad SMARTS) is 2. The summed E-state index contributed by atoms with van der Waals surface area (Å²) in [4.78, 5) is 22.5. The van der Waals surface area contributed by atoms with Crippen LogP contribution in [-0.2, 0) is 20.9 Å². The van der Waals surface area contributed by atoms with Crippen LogP contribution < -0.4 is 0 Å². The fourth-order valence-corrected chi connectivity index (χ4v) is 3.71. The minimum absolute atomic E-state index is 0.266. The monoisotopic (exact) mass is 441 g/mol. The van der Waals surface area contributed by atoms with Crippen LogP contribution in [0.25, 0.3) is 11.3 Å². The van der Waals surface area contributed by atoms with Crippen molar-refractivity contribution in [3.63, 3.8) is 0 Å². The van der Waals surface area contributed by atoms with Crippen molar-refractivity contribution >= 4 is 11.9 Å². The molecule has 31 heavy (non-hydrogen) atoms. The molecule has 1 aromatic heterocycles. The number of alkyl halides is 3. The number of aliphatic carboxylic acids is 2. The van der Waals surface area contributed by atoms with Gasteiger partial charge >= 0.3 is 18.1 Å². The SMILES string of the molecule is O=C(O)C(F)(F)F.O=C(O)C1CN(Cc2cn[nH]c2-c2ccccc2)CC2(CCC2)O1. The molecule has 1 unspecified atom stereocenters. The molecule has 1 aliphatic heterocycles. The topological polar surface area (TPSA) is 116 Å². The molecule has 4 rings (SSSR count). The van der Waals surface area contributed by atoms with Crippen molar-refractivity contribution in [3.8, 4) is 11.3 Å². The summed E-state index contributed by atoms with van der Waals surface area (Å²) in [6.45, 7) is 1.88. The van der Waals surface area contributed by atoms with E-state index in [-0.39, 0.29) is 5.60 Å². The largest absolute Gasteiger partial charge is 0.490 e. The minimum atomic E-state index is -5.08. The van der Waals surface area contributed by atoms with Gasteiger partial charge in [0.1, 0.15) is 0 Å². The van der Waals surface area contributed by atoms with Crippen LogP contribution in [-0.4, -0.2) is 68.2 Å². The van der Waals surface area contributed by atoms with Crippen LogP contribution in [0.3, 0.4) is 0 Å². The second-order valence-corrected chi connectivity index (χ2v) is 7.59. The average Bonchev–Trinajstić information content (AvgIpc) is 3.15. The van der Waals surface area contributed by atoms with Crippen molar-refractivity contribution in [2.75, 3.05) is 13.1 Å². The Morgan fingerprint density at radius 3 is 2.39 bits per heavy atom. The van der Waals surface area contributed by atoms with E-state index in [9.17, 15) is 23.1 Å². The summed E-state index contributed by atoms with van der Waals surface area (Å²) >= 11 is 0. The van der Waals surface area contributed by atoms with Gasteiger partial charge in [-0.1, -0.05) is 30.3 Å². The van der Waals surface area contributed by atoms with Gasteiger partial charge in [0.2, 0.25) is 0 Å². The molecule has 1 saturated carbocycles. The van der Waals surface area contributed by atoms with E-state index >= 15 is 0 Å².